The standard InChI is InChI=1S/C19H25BrN2O2.C18H23BrN2O2/c1-19(2,3)24-18(23)22-9-7-13(8-10-22)16-12-21(4)17-11-14(20)5-6-15(16)17;1-18(2,3)23-17(22)21-8-6-12(7-9-21)15-11-20-16-10-13(19)4-5-14(15)16/h5-6,11-13H,7-10H2,1-4H3;4-5,10-12,20H,6-9H2,1-3H3. The Morgan fingerprint density at radius 3 is 1.70 bits per heavy atom. The topological polar surface area (TPSA) is 79.8 Å². The summed E-state index contributed by atoms with van der Waals surface area (Å²) < 4.78 is 15.3. The SMILES string of the molecule is CC(C)(C)OC(=O)N1CCC(c2c[nH]c3cc(Br)ccc23)CC1.Cn1cc(C2CCN(C(=O)OC(C)(C)C)CC2)c2ccc(Br)cc21. The predicted molar refractivity (Wildman–Crippen MR) is 196 cm³/mol. The zero-order valence-corrected chi connectivity index (χ0v) is 31.8. The number of rotatable bonds is 2. The van der Waals surface area contributed by atoms with Gasteiger partial charge in [0.25, 0.3) is 0 Å². The van der Waals surface area contributed by atoms with Crippen LogP contribution in [0.1, 0.15) is 90.2 Å². The fourth-order valence-electron chi connectivity index (χ4n) is 6.57. The smallest absolute Gasteiger partial charge is 0.410 e. The van der Waals surface area contributed by atoms with E-state index in [1.807, 2.05) is 51.3 Å². The third-order valence-electron chi connectivity index (χ3n) is 8.83. The van der Waals surface area contributed by atoms with Gasteiger partial charge >= 0.3 is 12.2 Å². The average molecular weight is 773 g/mol. The minimum atomic E-state index is -0.434. The van der Waals surface area contributed by atoms with Crippen LogP contribution in [0.15, 0.2) is 57.7 Å². The van der Waals surface area contributed by atoms with E-state index in [2.05, 4.69) is 97.3 Å². The molecule has 8 nitrogen and oxygen atoms in total. The summed E-state index contributed by atoms with van der Waals surface area (Å²) in [6.45, 7) is 14.5. The number of nitrogens with zero attached hydrogens (tertiary/aromatic N) is 3. The van der Waals surface area contributed by atoms with Crippen LogP contribution in [0, 0.1) is 0 Å². The molecule has 0 saturated carbocycles. The molecule has 1 N–H and O–H groups in total. The summed E-state index contributed by atoms with van der Waals surface area (Å²) in [7, 11) is 2.09. The summed E-state index contributed by atoms with van der Waals surface area (Å²) in [6, 6.07) is 12.8. The van der Waals surface area contributed by atoms with Gasteiger partial charge in [0.05, 0.1) is 0 Å². The van der Waals surface area contributed by atoms with Gasteiger partial charge in [-0.15, -0.1) is 0 Å². The highest BCUT2D eigenvalue weighted by Crippen LogP contribution is 2.36. The second-order valence-corrected chi connectivity index (χ2v) is 16.6. The molecule has 0 aliphatic carbocycles. The zero-order chi connectivity index (χ0) is 34.1. The molecule has 254 valence electrons. The maximum atomic E-state index is 12.2. The first kappa shape index (κ1) is 35.3. The number of hydrogen-bond acceptors (Lipinski definition) is 4. The number of likely N-dealkylation sites (tertiary alicyclic amines) is 2. The van der Waals surface area contributed by atoms with E-state index in [0.29, 0.717) is 11.8 Å². The Kier molecular flexibility index (Phi) is 10.7. The van der Waals surface area contributed by atoms with Gasteiger partial charge < -0.3 is 28.8 Å². The number of hydrogen-bond donors (Lipinski definition) is 1. The molecule has 2 aromatic carbocycles. The van der Waals surface area contributed by atoms with E-state index in [-0.39, 0.29) is 12.2 Å². The van der Waals surface area contributed by atoms with E-state index < -0.39 is 11.2 Å². The van der Waals surface area contributed by atoms with Crippen molar-refractivity contribution < 1.29 is 19.1 Å². The third-order valence-corrected chi connectivity index (χ3v) is 9.82. The maximum absolute atomic E-state index is 12.2. The van der Waals surface area contributed by atoms with Crippen LogP contribution >= 0.6 is 31.9 Å². The van der Waals surface area contributed by atoms with Crippen molar-refractivity contribution in [3.63, 3.8) is 0 Å². The third kappa shape index (κ3) is 8.93. The molecule has 0 bridgehead atoms. The number of halogens is 2. The number of aryl methyl sites for hydroxylation is 1. The quantitative estimate of drug-likeness (QED) is 0.220. The van der Waals surface area contributed by atoms with Crippen LogP contribution in [0.4, 0.5) is 9.59 Å². The van der Waals surface area contributed by atoms with E-state index in [4.69, 9.17) is 9.47 Å². The molecule has 47 heavy (non-hydrogen) atoms. The van der Waals surface area contributed by atoms with Crippen LogP contribution in [-0.2, 0) is 16.5 Å². The minimum absolute atomic E-state index is 0.192. The average Bonchev–Trinajstić information content (AvgIpc) is 3.56. The summed E-state index contributed by atoms with van der Waals surface area (Å²) in [4.78, 5) is 31.4. The molecule has 0 atom stereocenters. The molecule has 6 rings (SSSR count). The van der Waals surface area contributed by atoms with Crippen molar-refractivity contribution in [3.05, 3.63) is 68.9 Å². The highest BCUT2D eigenvalue weighted by molar-refractivity contribution is 9.10. The molecular weight excluding hydrogens is 724 g/mol. The highest BCUT2D eigenvalue weighted by Gasteiger charge is 2.30. The highest BCUT2D eigenvalue weighted by atomic mass is 79.9. The van der Waals surface area contributed by atoms with E-state index >= 15 is 0 Å². The monoisotopic (exact) mass is 770 g/mol. The second kappa shape index (κ2) is 14.2. The largest absolute Gasteiger partial charge is 0.444 e. The molecule has 2 aliphatic rings. The van der Waals surface area contributed by atoms with Crippen molar-refractivity contribution in [3.8, 4) is 0 Å². The molecule has 0 radical (unpaired) electrons. The Labute approximate surface area is 295 Å². The fourth-order valence-corrected chi connectivity index (χ4v) is 7.28. The molecule has 2 saturated heterocycles. The molecule has 4 heterocycles. The molecule has 2 aromatic heterocycles. The number of piperidine rings is 2. The Balaban J connectivity index is 0.000000185. The Bertz CT molecular complexity index is 1720. The second-order valence-electron chi connectivity index (χ2n) is 14.8. The number of carbonyl (C=O) groups excluding carboxylic acids is 2. The number of aromatic amines is 1. The predicted octanol–water partition coefficient (Wildman–Crippen LogP) is 10.1. The lowest BCUT2D eigenvalue weighted by atomic mass is 9.89. The minimum Gasteiger partial charge on any atom is -0.444 e. The van der Waals surface area contributed by atoms with Crippen molar-refractivity contribution >= 4 is 65.9 Å². The summed E-state index contributed by atoms with van der Waals surface area (Å²) in [6.07, 6.45) is 7.88. The molecule has 10 heteroatoms. The Morgan fingerprint density at radius 1 is 0.723 bits per heavy atom. The molecule has 2 fully saturated rings. The summed E-state index contributed by atoms with van der Waals surface area (Å²) >= 11 is 7.06. The Morgan fingerprint density at radius 2 is 1.19 bits per heavy atom. The number of aromatic nitrogens is 2. The van der Waals surface area contributed by atoms with Gasteiger partial charge in [0.1, 0.15) is 11.2 Å². The lowest BCUT2D eigenvalue weighted by Gasteiger charge is -2.33. The van der Waals surface area contributed by atoms with Gasteiger partial charge in [0.15, 0.2) is 0 Å². The number of nitrogens with one attached hydrogen (secondary N) is 1. The van der Waals surface area contributed by atoms with Crippen LogP contribution in [0.2, 0.25) is 0 Å². The van der Waals surface area contributed by atoms with Crippen LogP contribution < -0.4 is 0 Å². The van der Waals surface area contributed by atoms with Gasteiger partial charge in [0.2, 0.25) is 0 Å². The van der Waals surface area contributed by atoms with Crippen molar-refractivity contribution in [2.75, 3.05) is 26.2 Å². The molecule has 2 amide bonds. The molecule has 0 spiro atoms. The number of carbonyl (C=O) groups is 2. The molecule has 0 unspecified atom stereocenters. The van der Waals surface area contributed by atoms with E-state index in [0.717, 1.165) is 66.3 Å². The van der Waals surface area contributed by atoms with Crippen LogP contribution in [0.3, 0.4) is 0 Å². The van der Waals surface area contributed by atoms with Crippen molar-refractivity contribution in [2.24, 2.45) is 7.05 Å². The number of H-pyrrole nitrogens is 1. The van der Waals surface area contributed by atoms with E-state index in [1.54, 1.807) is 0 Å². The summed E-state index contributed by atoms with van der Waals surface area (Å²) in [5.74, 6) is 0.983. The maximum Gasteiger partial charge on any atom is 0.410 e. The number of ether oxygens (including phenoxy) is 2. The van der Waals surface area contributed by atoms with Gasteiger partial charge in [-0.3, -0.25) is 0 Å². The lowest BCUT2D eigenvalue weighted by Crippen LogP contribution is -2.41. The first-order valence-corrected chi connectivity index (χ1v) is 18.1. The van der Waals surface area contributed by atoms with Crippen molar-refractivity contribution in [2.45, 2.75) is 90.3 Å². The summed E-state index contributed by atoms with van der Waals surface area (Å²) in [5.41, 5.74) is 4.29. The van der Waals surface area contributed by atoms with E-state index in [1.165, 1.54) is 27.4 Å². The van der Waals surface area contributed by atoms with Crippen molar-refractivity contribution in [1.82, 2.24) is 19.4 Å². The molecule has 4 aromatic rings. The van der Waals surface area contributed by atoms with E-state index in [9.17, 15) is 9.59 Å². The number of fused-ring (bicyclic) bond motifs is 2. The normalized spacial score (nSPS) is 16.7. The first-order valence-electron chi connectivity index (χ1n) is 16.5. The van der Waals surface area contributed by atoms with Crippen LogP contribution in [0.25, 0.3) is 21.8 Å². The van der Waals surface area contributed by atoms with Gasteiger partial charge in [-0.2, -0.15) is 0 Å². The van der Waals surface area contributed by atoms with Gasteiger partial charge in [0, 0.05) is 76.4 Å². The van der Waals surface area contributed by atoms with Crippen LogP contribution in [-0.4, -0.2) is 68.9 Å². The molecule has 2 aliphatic heterocycles. The number of benzene rings is 2. The zero-order valence-electron chi connectivity index (χ0n) is 28.7. The number of amides is 2. The Hall–Kier alpha value is -2.98. The summed E-state index contributed by atoms with van der Waals surface area (Å²) in [5, 5.41) is 2.60. The fraction of sp³-hybridized carbons (Fsp3) is 0.514. The first-order chi connectivity index (χ1) is 22.1. The lowest BCUT2D eigenvalue weighted by molar-refractivity contribution is 0.0194. The molecular formula is C37H48Br2N4O4. The van der Waals surface area contributed by atoms with Gasteiger partial charge in [-0.05, 0) is 114 Å². The van der Waals surface area contributed by atoms with Crippen molar-refractivity contribution in [1.29, 1.82) is 0 Å². The van der Waals surface area contributed by atoms with Crippen LogP contribution in [0.5, 0.6) is 0 Å². The van der Waals surface area contributed by atoms with Gasteiger partial charge in [-0.1, -0.05) is 44.0 Å². The van der Waals surface area contributed by atoms with Gasteiger partial charge in [-0.25, -0.2) is 9.59 Å².